The van der Waals surface area contributed by atoms with Gasteiger partial charge in [0.2, 0.25) is 0 Å². The first-order chi connectivity index (χ1) is 11.2. The first-order valence-electron chi connectivity index (χ1n) is 8.37. The van der Waals surface area contributed by atoms with E-state index in [2.05, 4.69) is 18.0 Å². The molecule has 1 fully saturated rings. The number of halogens is 1. The fourth-order valence-corrected chi connectivity index (χ4v) is 3.29. The summed E-state index contributed by atoms with van der Waals surface area (Å²) in [4.78, 5) is 17.3. The number of H-pyrrole nitrogens is 1. The Hall–Kier alpha value is -1.68. The van der Waals surface area contributed by atoms with E-state index in [9.17, 15) is 4.79 Å². The number of hydrogen-bond donors (Lipinski definition) is 1. The van der Waals surface area contributed by atoms with Crippen LogP contribution in [0.25, 0.3) is 10.9 Å². The quantitative estimate of drug-likeness (QED) is 0.805. The Bertz CT molecular complexity index is 675. The van der Waals surface area contributed by atoms with Crippen molar-refractivity contribution in [2.75, 3.05) is 19.7 Å². The molecule has 124 valence electrons. The predicted octanol–water partition coefficient (Wildman–Crippen LogP) is 4.94. The minimum Gasteiger partial charge on any atom is -0.449 e. The van der Waals surface area contributed by atoms with E-state index >= 15 is 0 Å². The van der Waals surface area contributed by atoms with Crippen molar-refractivity contribution >= 4 is 28.6 Å². The highest BCUT2D eigenvalue weighted by Gasteiger charge is 2.25. The van der Waals surface area contributed by atoms with Crippen LogP contribution < -0.4 is 0 Å². The third-order valence-corrected chi connectivity index (χ3v) is 4.76. The molecule has 1 aliphatic rings. The van der Waals surface area contributed by atoms with Gasteiger partial charge in [0.1, 0.15) is 0 Å². The van der Waals surface area contributed by atoms with Gasteiger partial charge in [0.05, 0.1) is 6.61 Å². The van der Waals surface area contributed by atoms with E-state index in [1.54, 1.807) is 0 Å². The van der Waals surface area contributed by atoms with Crippen LogP contribution in [0, 0.1) is 0 Å². The lowest BCUT2D eigenvalue weighted by atomic mass is 9.94. The van der Waals surface area contributed by atoms with E-state index in [4.69, 9.17) is 16.3 Å². The molecule has 0 spiro atoms. The van der Waals surface area contributed by atoms with Gasteiger partial charge in [0.15, 0.2) is 0 Å². The number of amides is 1. The second-order valence-electron chi connectivity index (χ2n) is 6.19. The van der Waals surface area contributed by atoms with E-state index < -0.39 is 0 Å². The molecular formula is C18H23ClN2O2. The molecule has 5 heteroatoms. The summed E-state index contributed by atoms with van der Waals surface area (Å²) in [7, 11) is 0. The smallest absolute Gasteiger partial charge is 0.409 e. The minimum absolute atomic E-state index is 0.166. The van der Waals surface area contributed by atoms with Crippen molar-refractivity contribution in [3.63, 3.8) is 0 Å². The zero-order chi connectivity index (χ0) is 16.2. The molecule has 1 aliphatic heterocycles. The molecule has 23 heavy (non-hydrogen) atoms. The molecule has 1 saturated heterocycles. The van der Waals surface area contributed by atoms with Gasteiger partial charge in [0.25, 0.3) is 0 Å². The standard InChI is InChI=1S/C18H23ClN2O2/c1-2-3-10-23-18(22)21-8-6-13(7-9-21)17-12-14-11-15(19)4-5-16(14)20-17/h4-5,11-13,20H,2-3,6-10H2,1H3. The summed E-state index contributed by atoms with van der Waals surface area (Å²) in [5.41, 5.74) is 2.35. The van der Waals surface area contributed by atoms with Gasteiger partial charge in [-0.15, -0.1) is 0 Å². The molecule has 0 radical (unpaired) electrons. The lowest BCUT2D eigenvalue weighted by Gasteiger charge is -2.30. The number of hydrogen-bond acceptors (Lipinski definition) is 2. The van der Waals surface area contributed by atoms with Gasteiger partial charge in [-0.2, -0.15) is 0 Å². The largest absolute Gasteiger partial charge is 0.449 e. The Labute approximate surface area is 141 Å². The van der Waals surface area contributed by atoms with Gasteiger partial charge in [0, 0.05) is 40.6 Å². The maximum absolute atomic E-state index is 12.0. The fraction of sp³-hybridized carbons (Fsp3) is 0.500. The summed E-state index contributed by atoms with van der Waals surface area (Å²) in [6.07, 6.45) is 3.73. The predicted molar refractivity (Wildman–Crippen MR) is 93.1 cm³/mol. The average Bonchev–Trinajstić information content (AvgIpc) is 2.98. The Morgan fingerprint density at radius 2 is 2.13 bits per heavy atom. The molecule has 0 atom stereocenters. The van der Waals surface area contributed by atoms with Crippen molar-refractivity contribution < 1.29 is 9.53 Å². The number of carbonyl (C=O) groups is 1. The summed E-state index contributed by atoms with van der Waals surface area (Å²) in [5, 5.41) is 1.90. The molecule has 2 heterocycles. The summed E-state index contributed by atoms with van der Waals surface area (Å²) in [6.45, 7) is 4.13. The van der Waals surface area contributed by atoms with Crippen LogP contribution in [0.2, 0.25) is 5.02 Å². The molecule has 4 nitrogen and oxygen atoms in total. The first-order valence-corrected chi connectivity index (χ1v) is 8.75. The van der Waals surface area contributed by atoms with Gasteiger partial charge in [-0.1, -0.05) is 24.9 Å². The number of aromatic amines is 1. The number of nitrogens with zero attached hydrogens (tertiary/aromatic N) is 1. The molecule has 0 saturated carbocycles. The zero-order valence-electron chi connectivity index (χ0n) is 13.5. The molecule has 0 aliphatic carbocycles. The van der Waals surface area contributed by atoms with Crippen LogP contribution in [0.3, 0.4) is 0 Å². The second-order valence-corrected chi connectivity index (χ2v) is 6.62. The van der Waals surface area contributed by atoms with Gasteiger partial charge in [-0.3, -0.25) is 0 Å². The van der Waals surface area contributed by atoms with Crippen LogP contribution in [0.4, 0.5) is 4.79 Å². The minimum atomic E-state index is -0.166. The normalized spacial score (nSPS) is 16.0. The monoisotopic (exact) mass is 334 g/mol. The molecule has 1 aromatic heterocycles. The topological polar surface area (TPSA) is 45.3 Å². The number of unbranched alkanes of at least 4 members (excludes halogenated alkanes) is 1. The number of likely N-dealkylation sites (tertiary alicyclic amines) is 1. The third-order valence-electron chi connectivity index (χ3n) is 4.52. The van der Waals surface area contributed by atoms with Crippen molar-refractivity contribution in [2.24, 2.45) is 0 Å². The number of fused-ring (bicyclic) bond motifs is 1. The van der Waals surface area contributed by atoms with E-state index in [1.807, 2.05) is 23.1 Å². The number of carbonyl (C=O) groups excluding carboxylic acids is 1. The highest BCUT2D eigenvalue weighted by molar-refractivity contribution is 6.31. The molecule has 3 rings (SSSR count). The molecule has 0 unspecified atom stereocenters. The fourth-order valence-electron chi connectivity index (χ4n) is 3.11. The highest BCUT2D eigenvalue weighted by atomic mass is 35.5. The van der Waals surface area contributed by atoms with Gasteiger partial charge in [-0.05, 0) is 43.5 Å². The van der Waals surface area contributed by atoms with Crippen LogP contribution in [0.1, 0.15) is 44.2 Å². The maximum Gasteiger partial charge on any atom is 0.409 e. The third kappa shape index (κ3) is 3.81. The average molecular weight is 335 g/mol. The SMILES string of the molecule is CCCCOC(=O)N1CCC(c2cc3cc(Cl)ccc3[nH]2)CC1. The number of piperidine rings is 1. The molecule has 1 amide bonds. The van der Waals surface area contributed by atoms with E-state index in [0.29, 0.717) is 12.5 Å². The van der Waals surface area contributed by atoms with E-state index in [0.717, 1.165) is 54.7 Å². The van der Waals surface area contributed by atoms with Crippen molar-refractivity contribution in [3.05, 3.63) is 35.0 Å². The zero-order valence-corrected chi connectivity index (χ0v) is 14.2. The van der Waals surface area contributed by atoms with Gasteiger partial charge < -0.3 is 14.6 Å². The number of rotatable bonds is 4. The first kappa shape index (κ1) is 16.2. The van der Waals surface area contributed by atoms with Gasteiger partial charge in [-0.25, -0.2) is 4.79 Å². The Kier molecular flexibility index (Phi) is 5.11. The Morgan fingerprint density at radius 1 is 1.35 bits per heavy atom. The van der Waals surface area contributed by atoms with E-state index in [1.165, 1.54) is 5.69 Å². The van der Waals surface area contributed by atoms with E-state index in [-0.39, 0.29) is 6.09 Å². The van der Waals surface area contributed by atoms with Crippen molar-refractivity contribution in [2.45, 2.75) is 38.5 Å². The van der Waals surface area contributed by atoms with Crippen LogP contribution in [0.5, 0.6) is 0 Å². The number of benzene rings is 1. The summed E-state index contributed by atoms with van der Waals surface area (Å²) < 4.78 is 5.29. The highest BCUT2D eigenvalue weighted by Crippen LogP contribution is 2.31. The van der Waals surface area contributed by atoms with Crippen LogP contribution in [0.15, 0.2) is 24.3 Å². The number of aromatic nitrogens is 1. The lowest BCUT2D eigenvalue weighted by molar-refractivity contribution is 0.0914. The summed E-state index contributed by atoms with van der Waals surface area (Å²) in [5.74, 6) is 0.459. The maximum atomic E-state index is 12.0. The van der Waals surface area contributed by atoms with Gasteiger partial charge >= 0.3 is 6.09 Å². The van der Waals surface area contributed by atoms with Crippen LogP contribution in [-0.2, 0) is 4.74 Å². The number of nitrogens with one attached hydrogen (secondary N) is 1. The lowest BCUT2D eigenvalue weighted by Crippen LogP contribution is -2.38. The Morgan fingerprint density at radius 3 is 2.87 bits per heavy atom. The second kappa shape index (κ2) is 7.26. The van der Waals surface area contributed by atoms with Crippen molar-refractivity contribution in [1.29, 1.82) is 0 Å². The molecule has 1 aromatic carbocycles. The molecule has 0 bridgehead atoms. The molecule has 2 aromatic rings. The molecular weight excluding hydrogens is 312 g/mol. The van der Waals surface area contributed by atoms with Crippen molar-refractivity contribution in [1.82, 2.24) is 9.88 Å². The van der Waals surface area contributed by atoms with Crippen molar-refractivity contribution in [3.8, 4) is 0 Å². The van der Waals surface area contributed by atoms with Crippen LogP contribution in [-0.4, -0.2) is 35.7 Å². The number of ether oxygens (including phenoxy) is 1. The summed E-state index contributed by atoms with van der Waals surface area (Å²) in [6, 6.07) is 8.08. The van der Waals surface area contributed by atoms with Crippen LogP contribution >= 0.6 is 11.6 Å². The molecule has 1 N–H and O–H groups in total. The summed E-state index contributed by atoms with van der Waals surface area (Å²) >= 11 is 6.05. The Balaban J connectivity index is 1.58.